The van der Waals surface area contributed by atoms with E-state index in [0.717, 1.165) is 4.34 Å². The molecule has 0 radical (unpaired) electrons. The lowest BCUT2D eigenvalue weighted by Crippen LogP contribution is -2.17. The van der Waals surface area contributed by atoms with Gasteiger partial charge in [-0.2, -0.15) is 0 Å². The average molecular weight is 231 g/mol. The van der Waals surface area contributed by atoms with Gasteiger partial charge >= 0.3 is 5.97 Å². The minimum absolute atomic E-state index is 0.0734. The van der Waals surface area contributed by atoms with Crippen molar-refractivity contribution in [3.8, 4) is 0 Å². The highest BCUT2D eigenvalue weighted by atomic mass is 32.2. The summed E-state index contributed by atoms with van der Waals surface area (Å²) in [7, 11) is 0. The lowest BCUT2D eigenvalue weighted by molar-refractivity contribution is -0.140. The third-order valence-corrected chi connectivity index (χ3v) is 3.81. The highest BCUT2D eigenvalue weighted by molar-refractivity contribution is 8.00. The Morgan fingerprint density at radius 1 is 1.64 bits per heavy atom. The van der Waals surface area contributed by atoms with Gasteiger partial charge in [-0.3, -0.25) is 4.79 Å². The molecule has 1 N–H and O–H groups in total. The van der Waals surface area contributed by atoms with Crippen molar-refractivity contribution in [2.75, 3.05) is 6.26 Å². The van der Waals surface area contributed by atoms with E-state index in [9.17, 15) is 4.79 Å². The number of carboxylic acid groups (broad SMARTS) is 1. The Morgan fingerprint density at radius 2 is 2.29 bits per heavy atom. The predicted molar refractivity (Wildman–Crippen MR) is 59.1 cm³/mol. The Balaban J connectivity index is 2.93. The molecule has 0 saturated heterocycles. The van der Waals surface area contributed by atoms with Gasteiger partial charge in [0.25, 0.3) is 0 Å². The SMILES string of the molecule is CSc1nc(C(C(=O)O)C(C)C)cs1. The van der Waals surface area contributed by atoms with Crippen LogP contribution in [-0.4, -0.2) is 22.3 Å². The van der Waals surface area contributed by atoms with Crippen molar-refractivity contribution in [3.63, 3.8) is 0 Å². The van der Waals surface area contributed by atoms with Crippen LogP contribution in [0.4, 0.5) is 0 Å². The zero-order chi connectivity index (χ0) is 10.7. The molecule has 3 nitrogen and oxygen atoms in total. The maximum atomic E-state index is 11.0. The number of thioether (sulfide) groups is 1. The minimum atomic E-state index is -0.794. The number of carbonyl (C=O) groups is 1. The molecule has 14 heavy (non-hydrogen) atoms. The summed E-state index contributed by atoms with van der Waals surface area (Å²) in [5, 5.41) is 10.9. The van der Waals surface area contributed by atoms with Gasteiger partial charge in [0.2, 0.25) is 0 Å². The zero-order valence-electron chi connectivity index (χ0n) is 8.35. The quantitative estimate of drug-likeness (QED) is 0.809. The molecule has 1 aromatic heterocycles. The van der Waals surface area contributed by atoms with Crippen molar-refractivity contribution < 1.29 is 9.90 Å². The standard InChI is InChI=1S/C9H13NO2S2/c1-5(2)7(8(11)12)6-4-14-9(10-6)13-3/h4-5,7H,1-3H3,(H,11,12). The van der Waals surface area contributed by atoms with Gasteiger partial charge in [-0.05, 0) is 12.2 Å². The first-order valence-electron chi connectivity index (χ1n) is 4.28. The maximum Gasteiger partial charge on any atom is 0.312 e. The second-order valence-corrected chi connectivity index (χ2v) is 5.21. The van der Waals surface area contributed by atoms with Crippen LogP contribution in [0.5, 0.6) is 0 Å². The molecule has 1 aromatic rings. The minimum Gasteiger partial charge on any atom is -0.481 e. The summed E-state index contributed by atoms with van der Waals surface area (Å²) in [6, 6.07) is 0. The monoisotopic (exact) mass is 231 g/mol. The van der Waals surface area contributed by atoms with Gasteiger partial charge in [0, 0.05) is 5.38 Å². The van der Waals surface area contributed by atoms with Gasteiger partial charge in [-0.15, -0.1) is 11.3 Å². The molecule has 0 aliphatic heterocycles. The second-order valence-electron chi connectivity index (χ2n) is 3.30. The molecule has 0 aliphatic carbocycles. The first kappa shape index (κ1) is 11.5. The van der Waals surface area contributed by atoms with Crippen molar-refractivity contribution in [1.82, 2.24) is 4.98 Å². The van der Waals surface area contributed by atoms with Crippen LogP contribution in [0.3, 0.4) is 0 Å². The largest absolute Gasteiger partial charge is 0.481 e. The van der Waals surface area contributed by atoms with Gasteiger partial charge in [-0.1, -0.05) is 25.6 Å². The molecule has 0 bridgehead atoms. The first-order chi connectivity index (χ1) is 6.56. The van der Waals surface area contributed by atoms with E-state index in [4.69, 9.17) is 5.11 Å². The third-order valence-electron chi connectivity index (χ3n) is 1.93. The van der Waals surface area contributed by atoms with Gasteiger partial charge in [0.1, 0.15) is 10.3 Å². The fourth-order valence-corrected chi connectivity index (χ4v) is 2.56. The number of carboxylic acids is 1. The summed E-state index contributed by atoms with van der Waals surface area (Å²) in [5.41, 5.74) is 0.682. The van der Waals surface area contributed by atoms with Crippen LogP contribution in [0.2, 0.25) is 0 Å². The zero-order valence-corrected chi connectivity index (χ0v) is 9.98. The van der Waals surface area contributed by atoms with Crippen LogP contribution < -0.4 is 0 Å². The van der Waals surface area contributed by atoms with Crippen molar-refractivity contribution in [3.05, 3.63) is 11.1 Å². The smallest absolute Gasteiger partial charge is 0.312 e. The van der Waals surface area contributed by atoms with Crippen LogP contribution in [-0.2, 0) is 4.79 Å². The van der Waals surface area contributed by atoms with E-state index >= 15 is 0 Å². The summed E-state index contributed by atoms with van der Waals surface area (Å²) in [4.78, 5) is 15.3. The number of hydrogen-bond acceptors (Lipinski definition) is 4. The molecule has 0 spiro atoms. The Labute approximate surface area is 91.6 Å². The van der Waals surface area contributed by atoms with E-state index in [1.807, 2.05) is 25.5 Å². The Bertz CT molecular complexity index is 322. The van der Waals surface area contributed by atoms with E-state index in [1.54, 1.807) is 11.8 Å². The lowest BCUT2D eigenvalue weighted by atomic mass is 9.93. The van der Waals surface area contributed by atoms with E-state index in [0.29, 0.717) is 5.69 Å². The number of thiazole rings is 1. The summed E-state index contributed by atoms with van der Waals surface area (Å²) in [5.74, 6) is -1.20. The van der Waals surface area contributed by atoms with Gasteiger partial charge in [0.15, 0.2) is 0 Å². The summed E-state index contributed by atoms with van der Waals surface area (Å²) < 4.78 is 0.923. The van der Waals surface area contributed by atoms with Crippen molar-refractivity contribution in [2.45, 2.75) is 24.1 Å². The van der Waals surface area contributed by atoms with E-state index in [1.165, 1.54) is 11.3 Å². The van der Waals surface area contributed by atoms with Crippen LogP contribution in [0.1, 0.15) is 25.5 Å². The molecule has 0 aliphatic rings. The summed E-state index contributed by atoms with van der Waals surface area (Å²) >= 11 is 3.05. The molecule has 0 aromatic carbocycles. The summed E-state index contributed by atoms with van der Waals surface area (Å²) in [6.45, 7) is 3.80. The van der Waals surface area contributed by atoms with Gasteiger partial charge in [-0.25, -0.2) is 4.98 Å². The Hall–Kier alpha value is -0.550. The fraction of sp³-hybridized carbons (Fsp3) is 0.556. The highest BCUT2D eigenvalue weighted by Gasteiger charge is 2.25. The van der Waals surface area contributed by atoms with Crippen LogP contribution in [0, 0.1) is 5.92 Å². The van der Waals surface area contributed by atoms with E-state index < -0.39 is 11.9 Å². The molecular formula is C9H13NO2S2. The summed E-state index contributed by atoms with van der Waals surface area (Å²) in [6.07, 6.45) is 1.94. The Kier molecular flexibility index (Phi) is 3.95. The topological polar surface area (TPSA) is 50.2 Å². The second kappa shape index (κ2) is 4.79. The molecule has 1 rings (SSSR count). The molecule has 0 amide bonds. The third kappa shape index (κ3) is 2.48. The number of hydrogen-bond donors (Lipinski definition) is 1. The van der Waals surface area contributed by atoms with Crippen molar-refractivity contribution >= 4 is 29.1 Å². The molecule has 1 atom stereocenters. The predicted octanol–water partition coefficient (Wildman–Crippen LogP) is 2.69. The highest BCUT2D eigenvalue weighted by Crippen LogP contribution is 2.29. The lowest BCUT2D eigenvalue weighted by Gasteiger charge is -2.12. The van der Waals surface area contributed by atoms with E-state index in [2.05, 4.69) is 4.98 Å². The van der Waals surface area contributed by atoms with Crippen LogP contribution in [0.25, 0.3) is 0 Å². The fourth-order valence-electron chi connectivity index (χ4n) is 1.26. The molecular weight excluding hydrogens is 218 g/mol. The van der Waals surface area contributed by atoms with Gasteiger partial charge < -0.3 is 5.11 Å². The van der Waals surface area contributed by atoms with Gasteiger partial charge in [0.05, 0.1) is 5.69 Å². The van der Waals surface area contributed by atoms with Crippen molar-refractivity contribution in [2.24, 2.45) is 5.92 Å². The maximum absolute atomic E-state index is 11.0. The molecule has 0 saturated carbocycles. The number of aliphatic carboxylic acids is 1. The average Bonchev–Trinajstić information content (AvgIpc) is 2.51. The molecule has 5 heteroatoms. The Morgan fingerprint density at radius 3 is 2.64 bits per heavy atom. The van der Waals surface area contributed by atoms with Crippen LogP contribution >= 0.6 is 23.1 Å². The number of aromatic nitrogens is 1. The van der Waals surface area contributed by atoms with E-state index in [-0.39, 0.29) is 5.92 Å². The normalized spacial score (nSPS) is 13.1. The van der Waals surface area contributed by atoms with Crippen molar-refractivity contribution in [1.29, 1.82) is 0 Å². The molecule has 1 unspecified atom stereocenters. The first-order valence-corrected chi connectivity index (χ1v) is 6.39. The number of nitrogens with zero attached hydrogens (tertiary/aromatic N) is 1. The number of rotatable bonds is 4. The molecule has 1 heterocycles. The molecule has 0 fully saturated rings. The van der Waals surface area contributed by atoms with Crippen LogP contribution in [0.15, 0.2) is 9.72 Å². The molecule has 78 valence electrons.